The van der Waals surface area contributed by atoms with Crippen LogP contribution in [0.15, 0.2) is 35.5 Å². The van der Waals surface area contributed by atoms with Crippen LogP contribution >= 0.6 is 23.4 Å². The Morgan fingerprint density at radius 3 is 2.61 bits per heavy atom. The van der Waals surface area contributed by atoms with E-state index in [9.17, 15) is 0 Å². The summed E-state index contributed by atoms with van der Waals surface area (Å²) in [5, 5.41) is 0.940. The largest absolute Gasteiger partial charge is 0.497 e. The molecule has 1 aromatic carbocycles. The van der Waals surface area contributed by atoms with Gasteiger partial charge in [-0.3, -0.25) is 0 Å². The zero-order valence-corrected chi connectivity index (χ0v) is 11.3. The smallest absolute Gasteiger partial charge is 0.191 e. The maximum Gasteiger partial charge on any atom is 0.191 e. The molecule has 0 spiro atoms. The van der Waals surface area contributed by atoms with E-state index in [0.717, 1.165) is 17.1 Å². The Morgan fingerprint density at radius 2 is 2.00 bits per heavy atom. The van der Waals surface area contributed by atoms with Crippen LogP contribution in [-0.2, 0) is 5.75 Å². The second-order valence-corrected chi connectivity index (χ2v) is 4.86. The molecule has 0 amide bonds. The van der Waals surface area contributed by atoms with Crippen LogP contribution in [0.2, 0.25) is 5.15 Å². The van der Waals surface area contributed by atoms with Crippen molar-refractivity contribution in [1.82, 2.24) is 9.97 Å². The molecule has 6 heteroatoms. The SMILES string of the molecule is COc1ccc(CSc2nc(N)cc(Cl)n2)cc1. The molecule has 2 aromatic rings. The summed E-state index contributed by atoms with van der Waals surface area (Å²) in [5.41, 5.74) is 6.76. The van der Waals surface area contributed by atoms with Crippen molar-refractivity contribution < 1.29 is 4.74 Å². The molecule has 0 saturated carbocycles. The molecule has 18 heavy (non-hydrogen) atoms. The fourth-order valence-corrected chi connectivity index (χ4v) is 2.41. The van der Waals surface area contributed by atoms with Gasteiger partial charge in [-0.05, 0) is 17.7 Å². The first-order valence-corrected chi connectivity index (χ1v) is 6.59. The maximum atomic E-state index is 5.81. The molecular weight excluding hydrogens is 270 g/mol. The van der Waals surface area contributed by atoms with Crippen LogP contribution in [-0.4, -0.2) is 17.1 Å². The third-order valence-corrected chi connectivity index (χ3v) is 3.33. The van der Waals surface area contributed by atoms with Crippen LogP contribution in [0.1, 0.15) is 5.56 Å². The highest BCUT2D eigenvalue weighted by molar-refractivity contribution is 7.98. The van der Waals surface area contributed by atoms with E-state index in [4.69, 9.17) is 22.1 Å². The predicted molar refractivity (Wildman–Crippen MR) is 74.0 cm³/mol. The van der Waals surface area contributed by atoms with Gasteiger partial charge in [0.15, 0.2) is 5.16 Å². The number of halogens is 1. The van der Waals surface area contributed by atoms with Gasteiger partial charge in [0.2, 0.25) is 0 Å². The van der Waals surface area contributed by atoms with Crippen molar-refractivity contribution in [2.45, 2.75) is 10.9 Å². The highest BCUT2D eigenvalue weighted by Crippen LogP contribution is 2.23. The summed E-state index contributed by atoms with van der Waals surface area (Å²) in [7, 11) is 1.65. The highest BCUT2D eigenvalue weighted by atomic mass is 35.5. The third kappa shape index (κ3) is 3.51. The summed E-state index contributed by atoms with van der Waals surface area (Å²) in [6, 6.07) is 9.37. The van der Waals surface area contributed by atoms with Crippen LogP contribution in [0.3, 0.4) is 0 Å². The molecular formula is C12H12ClN3OS. The third-order valence-electron chi connectivity index (χ3n) is 2.22. The van der Waals surface area contributed by atoms with E-state index in [0.29, 0.717) is 16.1 Å². The van der Waals surface area contributed by atoms with E-state index in [2.05, 4.69) is 9.97 Å². The number of hydrogen-bond donors (Lipinski definition) is 1. The second kappa shape index (κ2) is 5.93. The van der Waals surface area contributed by atoms with Crippen LogP contribution < -0.4 is 10.5 Å². The van der Waals surface area contributed by atoms with Gasteiger partial charge in [0.1, 0.15) is 16.7 Å². The van der Waals surface area contributed by atoms with Gasteiger partial charge in [-0.15, -0.1) is 0 Å². The summed E-state index contributed by atoms with van der Waals surface area (Å²) < 4.78 is 5.10. The Hall–Kier alpha value is -1.46. The Morgan fingerprint density at radius 1 is 1.28 bits per heavy atom. The maximum absolute atomic E-state index is 5.81. The Labute approximate surface area is 115 Å². The number of hydrogen-bond acceptors (Lipinski definition) is 5. The molecule has 0 aliphatic heterocycles. The number of ether oxygens (including phenoxy) is 1. The van der Waals surface area contributed by atoms with Gasteiger partial charge >= 0.3 is 0 Å². The molecule has 0 saturated heterocycles. The summed E-state index contributed by atoms with van der Waals surface area (Å²) in [5.74, 6) is 1.98. The molecule has 0 fully saturated rings. The summed E-state index contributed by atoms with van der Waals surface area (Å²) in [4.78, 5) is 8.20. The van der Waals surface area contributed by atoms with Gasteiger partial charge in [0.05, 0.1) is 7.11 Å². The summed E-state index contributed by atoms with van der Waals surface area (Å²) >= 11 is 7.30. The first kappa shape index (κ1) is 13.0. The number of nitrogens with zero attached hydrogens (tertiary/aromatic N) is 2. The summed E-state index contributed by atoms with van der Waals surface area (Å²) in [6.45, 7) is 0. The van der Waals surface area contributed by atoms with Gasteiger partial charge in [-0.1, -0.05) is 35.5 Å². The standard InChI is InChI=1S/C12H12ClN3OS/c1-17-9-4-2-8(3-5-9)7-18-12-15-10(13)6-11(14)16-12/h2-6H,7H2,1H3,(H2,14,15,16). The van der Waals surface area contributed by atoms with E-state index in [1.807, 2.05) is 24.3 Å². The fraction of sp³-hybridized carbons (Fsp3) is 0.167. The monoisotopic (exact) mass is 281 g/mol. The first-order valence-electron chi connectivity index (χ1n) is 5.23. The number of nitrogen functional groups attached to an aromatic ring is 1. The number of aromatic nitrogens is 2. The highest BCUT2D eigenvalue weighted by Gasteiger charge is 2.03. The minimum Gasteiger partial charge on any atom is -0.497 e. The normalized spacial score (nSPS) is 10.3. The van der Waals surface area contributed by atoms with Crippen molar-refractivity contribution >= 4 is 29.2 Å². The lowest BCUT2D eigenvalue weighted by Crippen LogP contribution is -1.95. The first-order chi connectivity index (χ1) is 8.67. The molecule has 2 rings (SSSR count). The van der Waals surface area contributed by atoms with Crippen molar-refractivity contribution in [3.63, 3.8) is 0 Å². The molecule has 4 nitrogen and oxygen atoms in total. The second-order valence-electron chi connectivity index (χ2n) is 3.53. The molecule has 0 bridgehead atoms. The van der Waals surface area contributed by atoms with E-state index in [1.54, 1.807) is 7.11 Å². The number of anilines is 1. The minimum absolute atomic E-state index is 0.361. The number of rotatable bonds is 4. The van der Waals surface area contributed by atoms with Crippen molar-refractivity contribution in [3.05, 3.63) is 41.0 Å². The molecule has 94 valence electrons. The van der Waals surface area contributed by atoms with Crippen LogP contribution in [0, 0.1) is 0 Å². The minimum atomic E-state index is 0.361. The van der Waals surface area contributed by atoms with Gasteiger partial charge in [0, 0.05) is 11.8 Å². The molecule has 0 aliphatic rings. The number of benzene rings is 1. The van der Waals surface area contributed by atoms with Gasteiger partial charge in [0.25, 0.3) is 0 Å². The van der Waals surface area contributed by atoms with Crippen LogP contribution in [0.5, 0.6) is 5.75 Å². The topological polar surface area (TPSA) is 61.0 Å². The molecule has 0 aliphatic carbocycles. The molecule has 0 radical (unpaired) electrons. The van der Waals surface area contributed by atoms with Crippen molar-refractivity contribution in [2.24, 2.45) is 0 Å². The van der Waals surface area contributed by atoms with Crippen molar-refractivity contribution in [2.75, 3.05) is 12.8 Å². The Bertz CT molecular complexity index is 513. The number of thioether (sulfide) groups is 1. The van der Waals surface area contributed by atoms with Crippen LogP contribution in [0.25, 0.3) is 0 Å². The van der Waals surface area contributed by atoms with Gasteiger partial charge in [-0.25, -0.2) is 9.97 Å². The van der Waals surface area contributed by atoms with Crippen molar-refractivity contribution in [3.8, 4) is 5.75 Å². The molecule has 1 aromatic heterocycles. The quantitative estimate of drug-likeness (QED) is 0.530. The van der Waals surface area contributed by atoms with Crippen molar-refractivity contribution in [1.29, 1.82) is 0 Å². The average molecular weight is 282 g/mol. The zero-order valence-electron chi connectivity index (χ0n) is 9.76. The fourth-order valence-electron chi connectivity index (χ4n) is 1.35. The summed E-state index contributed by atoms with van der Waals surface area (Å²) in [6.07, 6.45) is 0. The zero-order chi connectivity index (χ0) is 13.0. The molecule has 1 heterocycles. The Kier molecular flexibility index (Phi) is 4.28. The number of methoxy groups -OCH3 is 1. The lowest BCUT2D eigenvalue weighted by Gasteiger charge is -2.03. The van der Waals surface area contributed by atoms with Crippen LogP contribution in [0.4, 0.5) is 5.82 Å². The van der Waals surface area contributed by atoms with Gasteiger partial charge in [-0.2, -0.15) is 0 Å². The Balaban J connectivity index is 2.01. The number of nitrogens with two attached hydrogens (primary N) is 1. The van der Waals surface area contributed by atoms with E-state index in [1.165, 1.54) is 17.8 Å². The molecule has 2 N–H and O–H groups in total. The lowest BCUT2D eigenvalue weighted by atomic mass is 10.2. The van der Waals surface area contributed by atoms with E-state index >= 15 is 0 Å². The molecule has 0 unspecified atom stereocenters. The molecule has 0 atom stereocenters. The van der Waals surface area contributed by atoms with Gasteiger partial charge < -0.3 is 10.5 Å². The predicted octanol–water partition coefficient (Wildman–Crippen LogP) is 3.01. The van der Waals surface area contributed by atoms with E-state index in [-0.39, 0.29) is 0 Å². The lowest BCUT2D eigenvalue weighted by molar-refractivity contribution is 0.414. The average Bonchev–Trinajstić information content (AvgIpc) is 2.36. The van der Waals surface area contributed by atoms with E-state index < -0.39 is 0 Å².